The highest BCUT2D eigenvalue weighted by molar-refractivity contribution is 6.12. The van der Waals surface area contributed by atoms with Gasteiger partial charge in [-0.05, 0) is 35.9 Å². The van der Waals surface area contributed by atoms with Crippen molar-refractivity contribution in [3.63, 3.8) is 0 Å². The van der Waals surface area contributed by atoms with E-state index in [0.29, 0.717) is 36.8 Å². The van der Waals surface area contributed by atoms with Crippen LogP contribution >= 0.6 is 0 Å². The SMILES string of the molecule is O=C(CN1C(=O)/C(=C\c2ccc(F)cc2)Oc2ccccc21)NCCN1CCOCC1. The normalized spacial score (nSPS) is 17.9. The minimum atomic E-state index is -0.425. The number of carbonyl (C=O) groups excluding carboxylic acids is 2. The number of nitrogens with zero attached hydrogens (tertiary/aromatic N) is 2. The molecule has 162 valence electrons. The molecule has 2 aliphatic rings. The first kappa shape index (κ1) is 21.0. The third kappa shape index (κ3) is 5.28. The first-order valence-corrected chi connectivity index (χ1v) is 10.2. The van der Waals surface area contributed by atoms with Gasteiger partial charge in [0.05, 0.1) is 18.9 Å². The van der Waals surface area contributed by atoms with Crippen molar-refractivity contribution < 1.29 is 23.5 Å². The molecule has 0 spiro atoms. The maximum atomic E-state index is 13.2. The lowest BCUT2D eigenvalue weighted by Crippen LogP contribution is -2.46. The minimum Gasteiger partial charge on any atom is -0.449 e. The molecule has 4 rings (SSSR count). The first-order valence-electron chi connectivity index (χ1n) is 10.2. The van der Waals surface area contributed by atoms with Crippen LogP contribution in [0, 0.1) is 5.82 Å². The molecule has 0 unspecified atom stereocenters. The molecule has 2 aliphatic heterocycles. The summed E-state index contributed by atoms with van der Waals surface area (Å²) in [6, 6.07) is 12.8. The number of carbonyl (C=O) groups is 2. The molecule has 1 fully saturated rings. The largest absolute Gasteiger partial charge is 0.449 e. The minimum absolute atomic E-state index is 0.0754. The van der Waals surface area contributed by atoms with Crippen LogP contribution in [-0.2, 0) is 14.3 Å². The molecule has 2 amide bonds. The molecule has 1 N–H and O–H groups in total. The Morgan fingerprint density at radius 1 is 1.10 bits per heavy atom. The van der Waals surface area contributed by atoms with Crippen LogP contribution in [0.25, 0.3) is 6.08 Å². The molecule has 2 aromatic rings. The smallest absolute Gasteiger partial charge is 0.294 e. The number of rotatable bonds is 6. The van der Waals surface area contributed by atoms with Crippen molar-refractivity contribution >= 4 is 23.6 Å². The number of para-hydroxylation sites is 2. The van der Waals surface area contributed by atoms with Gasteiger partial charge in [-0.15, -0.1) is 0 Å². The predicted molar refractivity (Wildman–Crippen MR) is 114 cm³/mol. The van der Waals surface area contributed by atoms with Crippen LogP contribution in [0.4, 0.5) is 10.1 Å². The summed E-state index contributed by atoms with van der Waals surface area (Å²) >= 11 is 0. The zero-order valence-corrected chi connectivity index (χ0v) is 17.1. The topological polar surface area (TPSA) is 71.1 Å². The van der Waals surface area contributed by atoms with Crippen molar-refractivity contribution in [3.8, 4) is 5.75 Å². The van der Waals surface area contributed by atoms with E-state index >= 15 is 0 Å². The second-order valence-corrected chi connectivity index (χ2v) is 7.33. The van der Waals surface area contributed by atoms with Gasteiger partial charge in [0.1, 0.15) is 12.4 Å². The number of hydrogen-bond acceptors (Lipinski definition) is 5. The number of amides is 2. The van der Waals surface area contributed by atoms with Crippen LogP contribution in [-0.4, -0.2) is 62.7 Å². The second kappa shape index (κ2) is 9.72. The number of nitrogens with one attached hydrogen (secondary N) is 1. The summed E-state index contributed by atoms with van der Waals surface area (Å²) in [5.41, 5.74) is 1.16. The van der Waals surface area contributed by atoms with Gasteiger partial charge in [-0.2, -0.15) is 0 Å². The van der Waals surface area contributed by atoms with Crippen LogP contribution in [0.15, 0.2) is 54.3 Å². The second-order valence-electron chi connectivity index (χ2n) is 7.33. The van der Waals surface area contributed by atoms with E-state index in [9.17, 15) is 14.0 Å². The molecular weight excluding hydrogens is 401 g/mol. The van der Waals surface area contributed by atoms with Crippen LogP contribution in [0.3, 0.4) is 0 Å². The van der Waals surface area contributed by atoms with Crippen molar-refractivity contribution in [2.45, 2.75) is 0 Å². The van der Waals surface area contributed by atoms with Gasteiger partial charge in [0.2, 0.25) is 5.91 Å². The van der Waals surface area contributed by atoms with Gasteiger partial charge in [-0.3, -0.25) is 19.4 Å². The van der Waals surface area contributed by atoms with Crippen molar-refractivity contribution in [1.82, 2.24) is 10.2 Å². The first-order chi connectivity index (χ1) is 15.1. The maximum absolute atomic E-state index is 13.2. The summed E-state index contributed by atoms with van der Waals surface area (Å²) in [6.45, 7) is 4.22. The fraction of sp³-hybridized carbons (Fsp3) is 0.304. The van der Waals surface area contributed by atoms with Crippen molar-refractivity contribution in [2.24, 2.45) is 0 Å². The Balaban J connectivity index is 1.45. The molecule has 2 heterocycles. The molecule has 8 heteroatoms. The van der Waals surface area contributed by atoms with Gasteiger partial charge in [0, 0.05) is 26.2 Å². The van der Waals surface area contributed by atoms with Crippen LogP contribution < -0.4 is 15.0 Å². The van der Waals surface area contributed by atoms with Gasteiger partial charge in [0.25, 0.3) is 5.91 Å². The van der Waals surface area contributed by atoms with E-state index in [0.717, 1.165) is 19.6 Å². The number of fused-ring (bicyclic) bond motifs is 1. The van der Waals surface area contributed by atoms with E-state index in [-0.39, 0.29) is 24.0 Å². The summed E-state index contributed by atoms with van der Waals surface area (Å²) in [5, 5.41) is 2.88. The molecule has 0 radical (unpaired) electrons. The number of morpholine rings is 1. The lowest BCUT2D eigenvalue weighted by Gasteiger charge is -2.30. The molecule has 0 bridgehead atoms. The van der Waals surface area contributed by atoms with Gasteiger partial charge in [-0.1, -0.05) is 24.3 Å². The number of hydrogen-bond donors (Lipinski definition) is 1. The van der Waals surface area contributed by atoms with Gasteiger partial charge < -0.3 is 14.8 Å². The van der Waals surface area contributed by atoms with Gasteiger partial charge in [0.15, 0.2) is 11.5 Å². The van der Waals surface area contributed by atoms with Gasteiger partial charge >= 0.3 is 0 Å². The Hall–Kier alpha value is -3.23. The van der Waals surface area contributed by atoms with E-state index in [1.54, 1.807) is 42.5 Å². The Kier molecular flexibility index (Phi) is 6.59. The zero-order chi connectivity index (χ0) is 21.6. The molecule has 0 aliphatic carbocycles. The van der Waals surface area contributed by atoms with Crippen LogP contribution in [0.5, 0.6) is 5.75 Å². The Morgan fingerprint density at radius 2 is 1.84 bits per heavy atom. The molecular formula is C23H24FN3O4. The highest BCUT2D eigenvalue weighted by Crippen LogP contribution is 2.35. The lowest BCUT2D eigenvalue weighted by molar-refractivity contribution is -0.123. The number of ether oxygens (including phenoxy) is 2. The number of halogens is 1. The van der Waals surface area contributed by atoms with E-state index in [1.807, 2.05) is 0 Å². The third-order valence-electron chi connectivity index (χ3n) is 5.16. The molecule has 2 aromatic carbocycles. The predicted octanol–water partition coefficient (Wildman–Crippen LogP) is 2.04. The Morgan fingerprint density at radius 3 is 2.61 bits per heavy atom. The standard InChI is InChI=1S/C23H24FN3O4/c24-18-7-5-17(6-8-18)15-21-23(29)27(19-3-1-2-4-20(19)31-21)16-22(28)25-9-10-26-11-13-30-14-12-26/h1-8,15H,9-14,16H2,(H,25,28)/b21-15+. The fourth-order valence-electron chi connectivity index (χ4n) is 3.51. The average Bonchev–Trinajstić information content (AvgIpc) is 2.79. The number of benzene rings is 2. The Bertz CT molecular complexity index is 971. The molecule has 0 aromatic heterocycles. The summed E-state index contributed by atoms with van der Waals surface area (Å²) in [4.78, 5) is 29.3. The van der Waals surface area contributed by atoms with Crippen LogP contribution in [0.1, 0.15) is 5.56 Å². The summed E-state index contributed by atoms with van der Waals surface area (Å²) in [5.74, 6) is -0.479. The van der Waals surface area contributed by atoms with Crippen molar-refractivity contribution in [3.05, 3.63) is 65.7 Å². The van der Waals surface area contributed by atoms with E-state index in [4.69, 9.17) is 9.47 Å². The Labute approximate surface area is 180 Å². The highest BCUT2D eigenvalue weighted by Gasteiger charge is 2.31. The van der Waals surface area contributed by atoms with E-state index in [1.165, 1.54) is 17.0 Å². The maximum Gasteiger partial charge on any atom is 0.294 e. The summed E-state index contributed by atoms with van der Waals surface area (Å²) in [6.07, 6.45) is 1.54. The molecule has 0 saturated carbocycles. The summed E-state index contributed by atoms with van der Waals surface area (Å²) in [7, 11) is 0. The zero-order valence-electron chi connectivity index (χ0n) is 17.1. The number of anilines is 1. The third-order valence-corrected chi connectivity index (χ3v) is 5.16. The van der Waals surface area contributed by atoms with Crippen LogP contribution in [0.2, 0.25) is 0 Å². The monoisotopic (exact) mass is 425 g/mol. The quantitative estimate of drug-likeness (QED) is 0.718. The molecule has 31 heavy (non-hydrogen) atoms. The molecule has 0 atom stereocenters. The summed E-state index contributed by atoms with van der Waals surface area (Å²) < 4.78 is 24.3. The molecule has 7 nitrogen and oxygen atoms in total. The lowest BCUT2D eigenvalue weighted by atomic mass is 10.1. The van der Waals surface area contributed by atoms with E-state index in [2.05, 4.69) is 10.2 Å². The average molecular weight is 425 g/mol. The fourth-order valence-corrected chi connectivity index (χ4v) is 3.51. The van der Waals surface area contributed by atoms with Crippen molar-refractivity contribution in [2.75, 3.05) is 50.8 Å². The van der Waals surface area contributed by atoms with Gasteiger partial charge in [-0.25, -0.2) is 4.39 Å². The highest BCUT2D eigenvalue weighted by atomic mass is 19.1. The van der Waals surface area contributed by atoms with E-state index < -0.39 is 5.91 Å². The molecule has 1 saturated heterocycles. The van der Waals surface area contributed by atoms with Crippen molar-refractivity contribution in [1.29, 1.82) is 0 Å².